The summed E-state index contributed by atoms with van der Waals surface area (Å²) < 4.78 is 11.2. The van der Waals surface area contributed by atoms with Crippen molar-refractivity contribution in [1.29, 1.82) is 0 Å². The van der Waals surface area contributed by atoms with Crippen LogP contribution >= 0.6 is 0 Å². The van der Waals surface area contributed by atoms with Crippen molar-refractivity contribution in [3.63, 3.8) is 0 Å². The smallest absolute Gasteiger partial charge is 0.348 e. The normalized spacial score (nSPS) is 16.2. The van der Waals surface area contributed by atoms with E-state index < -0.39 is 12.1 Å². The number of carboxylic acid groups (broad SMARTS) is 1. The number of aliphatic carboxylic acids is 1. The van der Waals surface area contributed by atoms with E-state index in [4.69, 9.17) is 19.4 Å². The maximum Gasteiger partial charge on any atom is 0.348 e. The fourth-order valence-corrected chi connectivity index (χ4v) is 2.38. The van der Waals surface area contributed by atoms with Gasteiger partial charge in [-0.3, -0.25) is 0 Å². The Morgan fingerprint density at radius 2 is 2.04 bits per heavy atom. The van der Waals surface area contributed by atoms with Gasteiger partial charge in [0.05, 0.1) is 12.8 Å². The van der Waals surface area contributed by atoms with Crippen molar-refractivity contribution in [2.24, 2.45) is 5.16 Å². The Labute approximate surface area is 139 Å². The summed E-state index contributed by atoms with van der Waals surface area (Å²) in [6.07, 6.45) is -0.706. The minimum Gasteiger partial charge on any atom is -0.493 e. The third kappa shape index (κ3) is 3.48. The van der Waals surface area contributed by atoms with Crippen molar-refractivity contribution in [2.75, 3.05) is 7.11 Å². The molecule has 0 bridgehead atoms. The van der Waals surface area contributed by atoms with E-state index in [0.29, 0.717) is 23.8 Å². The number of hydrogen-bond donors (Lipinski definition) is 1. The van der Waals surface area contributed by atoms with Gasteiger partial charge in [-0.2, -0.15) is 0 Å². The molecule has 0 fully saturated rings. The molecule has 124 valence electrons. The summed E-state index contributed by atoms with van der Waals surface area (Å²) in [6.45, 7) is 0.432. The van der Waals surface area contributed by atoms with Crippen LogP contribution in [0.5, 0.6) is 11.5 Å². The van der Waals surface area contributed by atoms with Crippen molar-refractivity contribution in [1.82, 2.24) is 0 Å². The van der Waals surface area contributed by atoms with Crippen LogP contribution in [0.15, 0.2) is 53.7 Å². The fraction of sp³-hybridized carbons (Fsp3) is 0.222. The topological polar surface area (TPSA) is 77.4 Å². The molecule has 1 aliphatic heterocycles. The maximum atomic E-state index is 10.9. The predicted molar refractivity (Wildman–Crippen MR) is 87.4 cm³/mol. The molecule has 0 radical (unpaired) electrons. The van der Waals surface area contributed by atoms with E-state index >= 15 is 0 Å². The van der Waals surface area contributed by atoms with Gasteiger partial charge >= 0.3 is 5.97 Å². The average molecular weight is 327 g/mol. The van der Waals surface area contributed by atoms with Crippen LogP contribution in [0.4, 0.5) is 0 Å². The van der Waals surface area contributed by atoms with Gasteiger partial charge in [0.25, 0.3) is 0 Å². The SMILES string of the molecule is COc1cc(C2=NOC(C(=O)O)C2)ccc1OCc1ccccc1. The fourth-order valence-electron chi connectivity index (χ4n) is 2.38. The van der Waals surface area contributed by atoms with Crippen LogP contribution < -0.4 is 9.47 Å². The molecular weight excluding hydrogens is 310 g/mol. The highest BCUT2D eigenvalue weighted by Crippen LogP contribution is 2.30. The molecule has 2 aromatic carbocycles. The molecule has 1 heterocycles. The molecule has 3 rings (SSSR count). The van der Waals surface area contributed by atoms with Gasteiger partial charge in [0.1, 0.15) is 6.61 Å². The summed E-state index contributed by atoms with van der Waals surface area (Å²) in [7, 11) is 1.56. The summed E-state index contributed by atoms with van der Waals surface area (Å²) in [5.41, 5.74) is 2.39. The van der Waals surface area contributed by atoms with Gasteiger partial charge in [-0.1, -0.05) is 35.5 Å². The predicted octanol–water partition coefficient (Wildman–Crippen LogP) is 2.85. The summed E-state index contributed by atoms with van der Waals surface area (Å²) in [4.78, 5) is 15.8. The first-order valence-electron chi connectivity index (χ1n) is 7.48. The second kappa shape index (κ2) is 7.04. The molecule has 0 spiro atoms. The highest BCUT2D eigenvalue weighted by atomic mass is 16.7. The Kier molecular flexibility index (Phi) is 4.65. The van der Waals surface area contributed by atoms with Crippen LogP contribution in [0, 0.1) is 0 Å². The highest BCUT2D eigenvalue weighted by Gasteiger charge is 2.28. The zero-order valence-electron chi connectivity index (χ0n) is 13.1. The van der Waals surface area contributed by atoms with E-state index in [1.165, 1.54) is 0 Å². The first kappa shape index (κ1) is 15.9. The van der Waals surface area contributed by atoms with Gasteiger partial charge < -0.3 is 19.4 Å². The van der Waals surface area contributed by atoms with Gasteiger partial charge in [0.15, 0.2) is 11.5 Å². The number of carbonyl (C=O) groups is 1. The molecule has 2 aromatic rings. The van der Waals surface area contributed by atoms with Gasteiger partial charge in [-0.25, -0.2) is 4.79 Å². The Morgan fingerprint density at radius 1 is 1.25 bits per heavy atom. The minimum absolute atomic E-state index is 0.225. The lowest BCUT2D eigenvalue weighted by Gasteiger charge is -2.12. The van der Waals surface area contributed by atoms with Crippen LogP contribution in [0.3, 0.4) is 0 Å². The Balaban J connectivity index is 1.73. The van der Waals surface area contributed by atoms with Crippen molar-refractivity contribution < 1.29 is 24.2 Å². The standard InChI is InChI=1S/C18H17NO5/c1-22-16-9-13(14-10-17(18(20)21)24-19-14)7-8-15(16)23-11-12-5-3-2-4-6-12/h2-9,17H,10-11H2,1H3,(H,20,21). The molecule has 1 atom stereocenters. The monoisotopic (exact) mass is 327 g/mol. The largest absolute Gasteiger partial charge is 0.493 e. The molecule has 6 nitrogen and oxygen atoms in total. The molecule has 24 heavy (non-hydrogen) atoms. The Bertz CT molecular complexity index is 757. The second-order valence-corrected chi connectivity index (χ2v) is 5.31. The molecule has 1 aliphatic rings. The number of ether oxygens (including phenoxy) is 2. The Morgan fingerprint density at radius 3 is 2.71 bits per heavy atom. The van der Waals surface area contributed by atoms with Gasteiger partial charge in [-0.05, 0) is 23.8 Å². The van der Waals surface area contributed by atoms with Crippen LogP contribution in [-0.4, -0.2) is 30.0 Å². The summed E-state index contributed by atoms with van der Waals surface area (Å²) in [5.74, 6) is 0.146. The lowest BCUT2D eigenvalue weighted by atomic mass is 10.0. The first-order valence-corrected chi connectivity index (χ1v) is 7.48. The molecule has 0 amide bonds. The molecule has 1 unspecified atom stereocenters. The van der Waals surface area contributed by atoms with Crippen LogP contribution in [0.25, 0.3) is 0 Å². The summed E-state index contributed by atoms with van der Waals surface area (Å²) in [6, 6.07) is 15.2. The summed E-state index contributed by atoms with van der Waals surface area (Å²) >= 11 is 0. The van der Waals surface area contributed by atoms with E-state index in [0.717, 1.165) is 11.1 Å². The molecule has 0 aliphatic carbocycles. The quantitative estimate of drug-likeness (QED) is 0.883. The van der Waals surface area contributed by atoms with E-state index in [9.17, 15) is 4.79 Å². The van der Waals surface area contributed by atoms with Gasteiger partial charge in [0.2, 0.25) is 6.10 Å². The van der Waals surface area contributed by atoms with Crippen molar-refractivity contribution in [3.8, 4) is 11.5 Å². The third-order valence-electron chi connectivity index (χ3n) is 3.68. The maximum absolute atomic E-state index is 10.9. The van der Waals surface area contributed by atoms with Gasteiger partial charge in [0, 0.05) is 12.0 Å². The van der Waals surface area contributed by atoms with Crippen LogP contribution in [0.1, 0.15) is 17.5 Å². The minimum atomic E-state index is -1.02. The lowest BCUT2D eigenvalue weighted by molar-refractivity contribution is -0.148. The molecule has 1 N–H and O–H groups in total. The zero-order chi connectivity index (χ0) is 16.9. The molecule has 6 heteroatoms. The Hall–Kier alpha value is -3.02. The number of carboxylic acids is 1. The average Bonchev–Trinajstić information content (AvgIpc) is 3.11. The number of rotatable bonds is 6. The van der Waals surface area contributed by atoms with Crippen molar-refractivity contribution >= 4 is 11.7 Å². The van der Waals surface area contributed by atoms with Gasteiger partial charge in [-0.15, -0.1) is 0 Å². The third-order valence-corrected chi connectivity index (χ3v) is 3.68. The van der Waals surface area contributed by atoms with Crippen molar-refractivity contribution in [2.45, 2.75) is 19.1 Å². The first-order chi connectivity index (χ1) is 11.7. The summed E-state index contributed by atoms with van der Waals surface area (Å²) in [5, 5.41) is 12.8. The number of methoxy groups -OCH3 is 1. The number of oxime groups is 1. The highest BCUT2D eigenvalue weighted by molar-refractivity contribution is 6.03. The molecule has 0 saturated heterocycles. The van der Waals surface area contributed by atoms with Crippen molar-refractivity contribution in [3.05, 3.63) is 59.7 Å². The molecular formula is C18H17NO5. The number of benzene rings is 2. The molecule has 0 aromatic heterocycles. The van der Waals surface area contributed by atoms with Crippen LogP contribution in [-0.2, 0) is 16.2 Å². The lowest BCUT2D eigenvalue weighted by Crippen LogP contribution is -2.19. The number of hydrogen-bond acceptors (Lipinski definition) is 5. The molecule has 0 saturated carbocycles. The van der Waals surface area contributed by atoms with Crippen LogP contribution in [0.2, 0.25) is 0 Å². The van der Waals surface area contributed by atoms with E-state index in [-0.39, 0.29) is 6.42 Å². The van der Waals surface area contributed by atoms with E-state index in [2.05, 4.69) is 5.16 Å². The zero-order valence-corrected chi connectivity index (χ0v) is 13.1. The second-order valence-electron chi connectivity index (χ2n) is 5.31. The van der Waals surface area contributed by atoms with E-state index in [1.807, 2.05) is 36.4 Å². The number of nitrogens with zero attached hydrogens (tertiary/aromatic N) is 1. The van der Waals surface area contributed by atoms with E-state index in [1.54, 1.807) is 19.2 Å².